The molecule has 0 spiro atoms. The molecule has 2 rings (SSSR count). The normalized spacial score (nSPS) is 26.2. The summed E-state index contributed by atoms with van der Waals surface area (Å²) in [6.07, 6.45) is 7.23. The molecule has 2 aliphatic rings. The van der Waals surface area contributed by atoms with Crippen molar-refractivity contribution in [3.8, 4) is 0 Å². The summed E-state index contributed by atoms with van der Waals surface area (Å²) in [4.78, 5) is 10.7. The van der Waals surface area contributed by atoms with Crippen LogP contribution in [0.5, 0.6) is 0 Å². The molecule has 1 unspecified atom stereocenters. The molecule has 2 aliphatic carbocycles. The van der Waals surface area contributed by atoms with Crippen molar-refractivity contribution in [3.63, 3.8) is 0 Å². The van der Waals surface area contributed by atoms with E-state index in [0.717, 1.165) is 0 Å². The quantitative estimate of drug-likeness (QED) is 0.353. The van der Waals surface area contributed by atoms with Gasteiger partial charge in [-0.3, -0.25) is 0 Å². The van der Waals surface area contributed by atoms with Gasteiger partial charge < -0.3 is 4.74 Å². The highest BCUT2D eigenvalue weighted by Gasteiger charge is 2.33. The zero-order valence-corrected chi connectivity index (χ0v) is 7.17. The molecule has 0 bridgehead atoms. The number of methoxy groups -OCH3 is 1. The Morgan fingerprint density at radius 1 is 1.58 bits per heavy atom. The Kier molecular flexibility index (Phi) is 1.75. The molecule has 0 aliphatic heterocycles. The lowest BCUT2D eigenvalue weighted by molar-refractivity contribution is -0.134. The lowest BCUT2D eigenvalue weighted by Gasteiger charge is -1.87. The molecular formula is C10H12O2. The van der Waals surface area contributed by atoms with Gasteiger partial charge in [0.05, 0.1) is 7.11 Å². The van der Waals surface area contributed by atoms with Gasteiger partial charge >= 0.3 is 5.97 Å². The molecule has 0 amide bonds. The first-order chi connectivity index (χ1) is 5.81. The lowest BCUT2D eigenvalue weighted by Crippen LogP contribution is -1.93. The minimum Gasteiger partial charge on any atom is -0.466 e. The van der Waals surface area contributed by atoms with Crippen LogP contribution >= 0.6 is 0 Å². The van der Waals surface area contributed by atoms with Crippen molar-refractivity contribution in [3.05, 3.63) is 23.3 Å². The van der Waals surface area contributed by atoms with Gasteiger partial charge in [-0.1, -0.05) is 17.2 Å². The summed E-state index contributed by atoms with van der Waals surface area (Å²) in [6, 6.07) is 0. The van der Waals surface area contributed by atoms with Crippen LogP contribution in [0.1, 0.15) is 19.3 Å². The number of rotatable bonds is 2. The van der Waals surface area contributed by atoms with Gasteiger partial charge in [0.25, 0.3) is 0 Å². The molecule has 64 valence electrons. The predicted octanol–water partition coefficient (Wildman–Crippen LogP) is 1.83. The van der Waals surface area contributed by atoms with Crippen molar-refractivity contribution < 1.29 is 9.53 Å². The second-order valence-corrected chi connectivity index (χ2v) is 3.32. The Hall–Kier alpha value is -1.05. The zero-order chi connectivity index (χ0) is 8.55. The average molecular weight is 164 g/mol. The molecule has 2 fully saturated rings. The van der Waals surface area contributed by atoms with E-state index in [2.05, 4.69) is 4.74 Å². The Bertz CT molecular complexity index is 268. The molecule has 2 saturated carbocycles. The first kappa shape index (κ1) is 7.59. The molecular weight excluding hydrogens is 152 g/mol. The maximum Gasteiger partial charge on any atom is 0.330 e. The maximum absolute atomic E-state index is 10.7. The summed E-state index contributed by atoms with van der Waals surface area (Å²) >= 11 is 0. The van der Waals surface area contributed by atoms with Crippen molar-refractivity contribution in [2.75, 3.05) is 7.11 Å². The number of carbonyl (C=O) groups excluding carboxylic acids is 1. The fourth-order valence-electron chi connectivity index (χ4n) is 1.42. The Labute approximate surface area is 71.9 Å². The Morgan fingerprint density at radius 2 is 2.33 bits per heavy atom. The van der Waals surface area contributed by atoms with E-state index in [1.165, 1.54) is 32.4 Å². The minimum absolute atomic E-state index is 0.248. The van der Waals surface area contributed by atoms with Crippen LogP contribution in [-0.2, 0) is 9.53 Å². The molecule has 0 aromatic carbocycles. The van der Waals surface area contributed by atoms with Gasteiger partial charge in [-0.2, -0.15) is 0 Å². The van der Waals surface area contributed by atoms with E-state index in [-0.39, 0.29) is 5.97 Å². The van der Waals surface area contributed by atoms with Crippen molar-refractivity contribution >= 4 is 5.97 Å². The first-order valence-corrected chi connectivity index (χ1v) is 4.28. The highest BCUT2D eigenvalue weighted by molar-refractivity contribution is 5.82. The molecule has 0 radical (unpaired) electrons. The van der Waals surface area contributed by atoms with Crippen LogP contribution in [0.15, 0.2) is 23.3 Å². The van der Waals surface area contributed by atoms with E-state index in [9.17, 15) is 4.79 Å². The smallest absolute Gasteiger partial charge is 0.330 e. The van der Waals surface area contributed by atoms with Crippen LogP contribution in [-0.4, -0.2) is 13.1 Å². The van der Waals surface area contributed by atoms with Crippen molar-refractivity contribution in [1.82, 2.24) is 0 Å². The SMILES string of the molecule is COC(=O)/C=C/C1CC1=C1CC1. The molecule has 0 saturated heterocycles. The van der Waals surface area contributed by atoms with E-state index in [0.29, 0.717) is 5.92 Å². The van der Waals surface area contributed by atoms with Crippen LogP contribution in [0.25, 0.3) is 0 Å². The summed E-state index contributed by atoms with van der Waals surface area (Å²) in [5.41, 5.74) is 3.18. The number of hydrogen-bond donors (Lipinski definition) is 0. The predicted molar refractivity (Wildman–Crippen MR) is 45.5 cm³/mol. The third-order valence-corrected chi connectivity index (χ3v) is 2.35. The lowest BCUT2D eigenvalue weighted by atomic mass is 10.3. The number of allylic oxidation sites excluding steroid dienone is 3. The standard InChI is InChI=1S/C10H12O2/c1-12-10(11)5-4-8-6-9(8)7-2-3-7/h4-5,8H,2-3,6H2,1H3/b5-4+. The van der Waals surface area contributed by atoms with Gasteiger partial charge in [-0.15, -0.1) is 0 Å². The minimum atomic E-state index is -0.248. The third kappa shape index (κ3) is 1.58. The van der Waals surface area contributed by atoms with E-state index < -0.39 is 0 Å². The zero-order valence-electron chi connectivity index (χ0n) is 7.17. The van der Waals surface area contributed by atoms with Gasteiger partial charge in [-0.25, -0.2) is 4.79 Å². The number of esters is 1. The molecule has 1 atom stereocenters. The fourth-order valence-corrected chi connectivity index (χ4v) is 1.42. The monoisotopic (exact) mass is 164 g/mol. The third-order valence-electron chi connectivity index (χ3n) is 2.35. The molecule has 0 heterocycles. The van der Waals surface area contributed by atoms with E-state index in [4.69, 9.17) is 0 Å². The molecule has 0 aromatic rings. The fraction of sp³-hybridized carbons (Fsp3) is 0.500. The van der Waals surface area contributed by atoms with Crippen LogP contribution < -0.4 is 0 Å². The summed E-state index contributed by atoms with van der Waals surface area (Å²) in [5, 5.41) is 0. The average Bonchev–Trinajstić information content (AvgIpc) is 2.89. The summed E-state index contributed by atoms with van der Waals surface area (Å²) in [7, 11) is 1.40. The number of ether oxygens (including phenoxy) is 1. The van der Waals surface area contributed by atoms with E-state index in [1.807, 2.05) is 6.08 Å². The van der Waals surface area contributed by atoms with Gasteiger partial charge in [0.1, 0.15) is 0 Å². The highest BCUT2D eigenvalue weighted by Crippen LogP contribution is 2.49. The van der Waals surface area contributed by atoms with Crippen LogP contribution in [0.2, 0.25) is 0 Å². The Morgan fingerprint density at radius 3 is 2.92 bits per heavy atom. The topological polar surface area (TPSA) is 26.3 Å². The van der Waals surface area contributed by atoms with Gasteiger partial charge in [0.15, 0.2) is 0 Å². The highest BCUT2D eigenvalue weighted by atomic mass is 16.5. The second-order valence-electron chi connectivity index (χ2n) is 3.32. The van der Waals surface area contributed by atoms with E-state index in [1.54, 1.807) is 11.1 Å². The van der Waals surface area contributed by atoms with Crippen LogP contribution in [0, 0.1) is 5.92 Å². The molecule has 2 heteroatoms. The molecule has 2 nitrogen and oxygen atoms in total. The van der Waals surface area contributed by atoms with Crippen molar-refractivity contribution in [2.45, 2.75) is 19.3 Å². The van der Waals surface area contributed by atoms with Crippen molar-refractivity contribution in [2.24, 2.45) is 5.92 Å². The second kappa shape index (κ2) is 2.77. The number of hydrogen-bond acceptors (Lipinski definition) is 2. The van der Waals surface area contributed by atoms with Crippen LogP contribution in [0.3, 0.4) is 0 Å². The molecule has 0 N–H and O–H groups in total. The van der Waals surface area contributed by atoms with Gasteiger partial charge in [-0.05, 0) is 19.3 Å². The first-order valence-electron chi connectivity index (χ1n) is 4.28. The molecule has 0 aromatic heterocycles. The number of carbonyl (C=O) groups is 1. The molecule has 12 heavy (non-hydrogen) atoms. The van der Waals surface area contributed by atoms with Crippen LogP contribution in [0.4, 0.5) is 0 Å². The van der Waals surface area contributed by atoms with Crippen molar-refractivity contribution in [1.29, 1.82) is 0 Å². The van der Waals surface area contributed by atoms with E-state index >= 15 is 0 Å². The largest absolute Gasteiger partial charge is 0.466 e. The van der Waals surface area contributed by atoms with Gasteiger partial charge in [0.2, 0.25) is 0 Å². The van der Waals surface area contributed by atoms with Gasteiger partial charge in [0, 0.05) is 12.0 Å². The summed E-state index contributed by atoms with van der Waals surface area (Å²) in [6.45, 7) is 0. The Balaban J connectivity index is 1.86. The summed E-state index contributed by atoms with van der Waals surface area (Å²) in [5.74, 6) is 0.309. The maximum atomic E-state index is 10.7. The summed E-state index contributed by atoms with van der Waals surface area (Å²) < 4.78 is 4.50.